The fourth-order valence-corrected chi connectivity index (χ4v) is 5.48. The molecule has 178 valence electrons. The molecule has 0 amide bonds. The van der Waals surface area contributed by atoms with Gasteiger partial charge in [0.15, 0.2) is 0 Å². The molecular weight excluding hydrogens is 424 g/mol. The summed E-state index contributed by atoms with van der Waals surface area (Å²) in [5, 5.41) is 0. The van der Waals surface area contributed by atoms with Gasteiger partial charge in [-0.05, 0) is 49.4 Å². The first kappa shape index (κ1) is 22.6. The molecular formula is C27H34N6O. The zero-order valence-corrected chi connectivity index (χ0v) is 20.2. The lowest BCUT2D eigenvalue weighted by Gasteiger charge is -2.35. The molecule has 7 nitrogen and oxygen atoms in total. The van der Waals surface area contributed by atoms with Crippen molar-refractivity contribution in [2.45, 2.75) is 56.9 Å². The molecule has 2 aromatic heterocycles. The summed E-state index contributed by atoms with van der Waals surface area (Å²) < 4.78 is 1.65. The SMILES string of the molecule is CN(c1ccc(C2CCCN(c3nc(-c4ccncn4)cc(=O)n3C)C2)cc1)C1CCCCC1. The highest BCUT2D eigenvalue weighted by molar-refractivity contribution is 5.55. The smallest absolute Gasteiger partial charge is 0.255 e. The van der Waals surface area contributed by atoms with Crippen LogP contribution in [0.3, 0.4) is 0 Å². The maximum absolute atomic E-state index is 12.7. The van der Waals surface area contributed by atoms with Crippen molar-refractivity contribution < 1.29 is 0 Å². The van der Waals surface area contributed by atoms with Crippen molar-refractivity contribution in [3.8, 4) is 11.4 Å². The van der Waals surface area contributed by atoms with Gasteiger partial charge in [0.25, 0.3) is 5.56 Å². The van der Waals surface area contributed by atoms with E-state index in [1.54, 1.807) is 29.9 Å². The molecule has 1 saturated heterocycles. The van der Waals surface area contributed by atoms with Crippen molar-refractivity contribution in [1.82, 2.24) is 19.5 Å². The Bertz CT molecular complexity index is 1150. The number of rotatable bonds is 5. The summed E-state index contributed by atoms with van der Waals surface area (Å²) in [4.78, 5) is 30.5. The van der Waals surface area contributed by atoms with Gasteiger partial charge in [0.05, 0.1) is 11.4 Å². The first-order chi connectivity index (χ1) is 16.6. The average Bonchev–Trinajstić information content (AvgIpc) is 2.91. The molecule has 1 unspecified atom stereocenters. The Morgan fingerprint density at radius 3 is 2.50 bits per heavy atom. The molecule has 1 saturated carbocycles. The second-order valence-corrected chi connectivity index (χ2v) is 9.71. The number of hydrogen-bond acceptors (Lipinski definition) is 6. The van der Waals surface area contributed by atoms with E-state index in [0.717, 1.165) is 25.9 Å². The number of benzene rings is 1. The molecule has 34 heavy (non-hydrogen) atoms. The quantitative estimate of drug-likeness (QED) is 0.565. The Kier molecular flexibility index (Phi) is 6.61. The van der Waals surface area contributed by atoms with Crippen LogP contribution in [0.4, 0.5) is 11.6 Å². The molecule has 2 aliphatic rings. The van der Waals surface area contributed by atoms with E-state index in [4.69, 9.17) is 4.98 Å². The van der Waals surface area contributed by atoms with E-state index in [-0.39, 0.29) is 5.56 Å². The van der Waals surface area contributed by atoms with Crippen LogP contribution in [0.15, 0.2) is 53.7 Å². The highest BCUT2D eigenvalue weighted by Crippen LogP contribution is 2.32. The van der Waals surface area contributed by atoms with Crippen LogP contribution < -0.4 is 15.4 Å². The maximum atomic E-state index is 12.7. The van der Waals surface area contributed by atoms with Crippen molar-refractivity contribution in [2.75, 3.05) is 29.9 Å². The van der Waals surface area contributed by atoms with Gasteiger partial charge in [-0.2, -0.15) is 0 Å². The third-order valence-electron chi connectivity index (χ3n) is 7.55. The van der Waals surface area contributed by atoms with Crippen LogP contribution in [-0.2, 0) is 7.05 Å². The van der Waals surface area contributed by atoms with E-state index in [1.165, 1.54) is 49.7 Å². The van der Waals surface area contributed by atoms with E-state index in [2.05, 4.69) is 51.1 Å². The Morgan fingerprint density at radius 1 is 0.971 bits per heavy atom. The predicted octanol–water partition coefficient (Wildman–Crippen LogP) is 4.39. The molecule has 7 heteroatoms. The highest BCUT2D eigenvalue weighted by Gasteiger charge is 2.25. The van der Waals surface area contributed by atoms with Crippen molar-refractivity contribution >= 4 is 11.6 Å². The molecule has 5 rings (SSSR count). The number of nitrogens with zero attached hydrogens (tertiary/aromatic N) is 6. The standard InChI is InChI=1S/C27H34N6O/c1-31(22-8-4-3-5-9-22)23-12-10-20(11-13-23)21-7-6-16-33(18-21)27-30-25(17-26(34)32(27)2)24-14-15-28-19-29-24/h10-15,17,19,21-22H,3-9,16,18H2,1-2H3. The van der Waals surface area contributed by atoms with Gasteiger partial charge in [-0.25, -0.2) is 15.0 Å². The Morgan fingerprint density at radius 2 is 1.76 bits per heavy atom. The topological polar surface area (TPSA) is 67.2 Å². The molecule has 0 spiro atoms. The Hall–Kier alpha value is -3.22. The molecule has 0 bridgehead atoms. The molecule has 3 heterocycles. The van der Waals surface area contributed by atoms with Gasteiger partial charge < -0.3 is 9.80 Å². The van der Waals surface area contributed by atoms with Crippen molar-refractivity contribution in [3.63, 3.8) is 0 Å². The van der Waals surface area contributed by atoms with Crippen molar-refractivity contribution in [2.24, 2.45) is 7.05 Å². The first-order valence-electron chi connectivity index (χ1n) is 12.5. The van der Waals surface area contributed by atoms with E-state index < -0.39 is 0 Å². The second-order valence-electron chi connectivity index (χ2n) is 9.71. The Balaban J connectivity index is 1.34. The summed E-state index contributed by atoms with van der Waals surface area (Å²) in [6.07, 6.45) is 12.1. The molecule has 1 aromatic carbocycles. The van der Waals surface area contributed by atoms with Gasteiger partial charge in [0.1, 0.15) is 6.33 Å². The van der Waals surface area contributed by atoms with Crippen LogP contribution in [0.5, 0.6) is 0 Å². The van der Waals surface area contributed by atoms with E-state index in [1.807, 2.05) is 0 Å². The minimum absolute atomic E-state index is 0.0733. The lowest BCUT2D eigenvalue weighted by molar-refractivity contribution is 0.427. The van der Waals surface area contributed by atoms with Gasteiger partial charge in [0, 0.05) is 57.1 Å². The minimum Gasteiger partial charge on any atom is -0.372 e. The van der Waals surface area contributed by atoms with Crippen LogP contribution in [0.1, 0.15) is 56.4 Å². The fraction of sp³-hybridized carbons (Fsp3) is 0.481. The average molecular weight is 459 g/mol. The van der Waals surface area contributed by atoms with Crippen LogP contribution in [0.2, 0.25) is 0 Å². The lowest BCUT2D eigenvalue weighted by Crippen LogP contribution is -2.38. The van der Waals surface area contributed by atoms with Gasteiger partial charge in [-0.1, -0.05) is 31.4 Å². The molecule has 0 N–H and O–H groups in total. The number of aromatic nitrogens is 4. The van der Waals surface area contributed by atoms with Crippen molar-refractivity contribution in [1.29, 1.82) is 0 Å². The normalized spacial score (nSPS) is 19.2. The fourth-order valence-electron chi connectivity index (χ4n) is 5.48. The Labute approximate surface area is 201 Å². The zero-order valence-electron chi connectivity index (χ0n) is 20.2. The van der Waals surface area contributed by atoms with Crippen LogP contribution >= 0.6 is 0 Å². The monoisotopic (exact) mass is 458 g/mol. The summed E-state index contributed by atoms with van der Waals surface area (Å²) in [6, 6.07) is 13.2. The van der Waals surface area contributed by atoms with Gasteiger partial charge >= 0.3 is 0 Å². The first-order valence-corrected chi connectivity index (χ1v) is 12.5. The van der Waals surface area contributed by atoms with Gasteiger partial charge in [-0.3, -0.25) is 9.36 Å². The van der Waals surface area contributed by atoms with Crippen molar-refractivity contribution in [3.05, 3.63) is 64.8 Å². The summed E-state index contributed by atoms with van der Waals surface area (Å²) in [5.74, 6) is 1.13. The largest absolute Gasteiger partial charge is 0.372 e. The van der Waals surface area contributed by atoms with E-state index >= 15 is 0 Å². The molecule has 2 fully saturated rings. The number of anilines is 2. The summed E-state index contributed by atoms with van der Waals surface area (Å²) in [7, 11) is 4.04. The third-order valence-corrected chi connectivity index (χ3v) is 7.55. The minimum atomic E-state index is -0.0733. The van der Waals surface area contributed by atoms with Gasteiger partial charge in [-0.15, -0.1) is 0 Å². The summed E-state index contributed by atoms with van der Waals surface area (Å²) >= 11 is 0. The van der Waals surface area contributed by atoms with E-state index in [0.29, 0.717) is 29.3 Å². The zero-order chi connectivity index (χ0) is 23.5. The highest BCUT2D eigenvalue weighted by atomic mass is 16.1. The molecule has 0 radical (unpaired) electrons. The van der Waals surface area contributed by atoms with E-state index in [9.17, 15) is 4.79 Å². The van der Waals surface area contributed by atoms with Crippen LogP contribution in [-0.4, -0.2) is 45.7 Å². The van der Waals surface area contributed by atoms with Crippen LogP contribution in [0, 0.1) is 0 Å². The third kappa shape index (κ3) is 4.69. The predicted molar refractivity (Wildman–Crippen MR) is 136 cm³/mol. The maximum Gasteiger partial charge on any atom is 0.255 e. The lowest BCUT2D eigenvalue weighted by atomic mass is 9.90. The summed E-state index contributed by atoms with van der Waals surface area (Å²) in [5.41, 5.74) is 3.86. The number of hydrogen-bond donors (Lipinski definition) is 0. The molecule has 1 aliphatic carbocycles. The van der Waals surface area contributed by atoms with Gasteiger partial charge in [0.2, 0.25) is 5.95 Å². The molecule has 3 aromatic rings. The molecule has 1 aliphatic heterocycles. The summed E-state index contributed by atoms with van der Waals surface area (Å²) in [6.45, 7) is 1.75. The number of piperidine rings is 1. The molecule has 1 atom stereocenters. The van der Waals surface area contributed by atoms with Crippen LogP contribution in [0.25, 0.3) is 11.4 Å². The second kappa shape index (κ2) is 9.95.